The summed E-state index contributed by atoms with van der Waals surface area (Å²) in [6.07, 6.45) is -4.48. The monoisotopic (exact) mass is 379 g/mol. The quantitative estimate of drug-likeness (QED) is 0.834. The summed E-state index contributed by atoms with van der Waals surface area (Å²) in [5.74, 6) is -0.423. The fourth-order valence-electron chi connectivity index (χ4n) is 2.91. The summed E-state index contributed by atoms with van der Waals surface area (Å²) >= 11 is 0. The predicted molar refractivity (Wildman–Crippen MR) is 98.0 cm³/mol. The fourth-order valence-corrected chi connectivity index (χ4v) is 2.91. The summed E-state index contributed by atoms with van der Waals surface area (Å²) in [4.78, 5) is 14.4. The zero-order valence-electron chi connectivity index (χ0n) is 14.6. The van der Waals surface area contributed by atoms with Crippen molar-refractivity contribution in [1.82, 2.24) is 0 Å². The summed E-state index contributed by atoms with van der Waals surface area (Å²) in [5.41, 5.74) is 0.563. The number of carbonyl (C=O) groups excluding carboxylic acids is 1. The maximum atomic E-state index is 13.0. The molecule has 0 saturated carbocycles. The van der Waals surface area contributed by atoms with Crippen molar-refractivity contribution < 1.29 is 22.7 Å². The minimum Gasteiger partial charge on any atom is -0.378 e. The topological polar surface area (TPSA) is 53.6 Å². The van der Waals surface area contributed by atoms with Gasteiger partial charge in [-0.1, -0.05) is 24.3 Å². The molecule has 1 fully saturated rings. The lowest BCUT2D eigenvalue weighted by Gasteiger charge is -2.30. The van der Waals surface area contributed by atoms with Gasteiger partial charge in [-0.3, -0.25) is 4.79 Å². The molecule has 0 bridgehead atoms. The van der Waals surface area contributed by atoms with E-state index in [-0.39, 0.29) is 12.2 Å². The van der Waals surface area contributed by atoms with Crippen molar-refractivity contribution in [3.8, 4) is 0 Å². The molecule has 1 aliphatic heterocycles. The van der Waals surface area contributed by atoms with Crippen LogP contribution in [0.4, 0.5) is 30.2 Å². The van der Waals surface area contributed by atoms with Crippen LogP contribution in [0.25, 0.3) is 0 Å². The van der Waals surface area contributed by atoms with E-state index in [2.05, 4.69) is 15.5 Å². The highest BCUT2D eigenvalue weighted by Crippen LogP contribution is 2.34. The Morgan fingerprint density at radius 2 is 1.63 bits per heavy atom. The Bertz CT molecular complexity index is 790. The number of benzene rings is 2. The minimum atomic E-state index is -4.48. The van der Waals surface area contributed by atoms with Gasteiger partial charge in [-0.2, -0.15) is 13.2 Å². The molecule has 1 saturated heterocycles. The number of ether oxygens (including phenoxy) is 1. The van der Waals surface area contributed by atoms with Gasteiger partial charge in [0.25, 0.3) is 0 Å². The van der Waals surface area contributed by atoms with Gasteiger partial charge in [0.05, 0.1) is 36.7 Å². The van der Waals surface area contributed by atoms with E-state index in [9.17, 15) is 18.0 Å². The number of nitrogens with one attached hydrogen (secondary N) is 2. The molecule has 5 nitrogen and oxygen atoms in total. The summed E-state index contributed by atoms with van der Waals surface area (Å²) in [7, 11) is 0. The Morgan fingerprint density at radius 3 is 2.33 bits per heavy atom. The number of morpholine rings is 1. The van der Waals surface area contributed by atoms with Crippen LogP contribution in [0, 0.1) is 0 Å². The van der Waals surface area contributed by atoms with Crippen LogP contribution in [0.3, 0.4) is 0 Å². The number of hydrogen-bond acceptors (Lipinski definition) is 4. The molecule has 0 aromatic heterocycles. The molecule has 2 aromatic carbocycles. The average Bonchev–Trinajstić information content (AvgIpc) is 2.67. The highest BCUT2D eigenvalue weighted by molar-refractivity contribution is 5.96. The third kappa shape index (κ3) is 4.91. The van der Waals surface area contributed by atoms with Crippen LogP contribution < -0.4 is 15.5 Å². The van der Waals surface area contributed by atoms with E-state index in [0.717, 1.165) is 11.8 Å². The van der Waals surface area contributed by atoms with Gasteiger partial charge in [0.2, 0.25) is 5.91 Å². The van der Waals surface area contributed by atoms with Crippen LogP contribution in [0.5, 0.6) is 0 Å². The molecule has 27 heavy (non-hydrogen) atoms. The number of anilines is 3. The summed E-state index contributed by atoms with van der Waals surface area (Å²) in [5, 5.41) is 5.34. The third-order valence-corrected chi connectivity index (χ3v) is 4.20. The third-order valence-electron chi connectivity index (χ3n) is 4.20. The van der Waals surface area contributed by atoms with Crippen molar-refractivity contribution in [3.63, 3.8) is 0 Å². The van der Waals surface area contributed by atoms with Crippen LogP contribution in [0.1, 0.15) is 5.56 Å². The molecule has 1 aliphatic rings. The molecular weight excluding hydrogens is 359 g/mol. The molecule has 2 aromatic rings. The first-order valence-electron chi connectivity index (χ1n) is 8.57. The molecular formula is C19H20F3N3O2. The second-order valence-corrected chi connectivity index (χ2v) is 6.06. The Kier molecular flexibility index (Phi) is 5.85. The van der Waals surface area contributed by atoms with Crippen molar-refractivity contribution in [2.45, 2.75) is 6.18 Å². The maximum absolute atomic E-state index is 13.0. The SMILES string of the molecule is O=C(CNc1ccccc1C(F)(F)F)Nc1ccccc1N1CCOCC1. The van der Waals surface area contributed by atoms with Gasteiger partial charge in [-0.15, -0.1) is 0 Å². The molecule has 0 unspecified atom stereocenters. The van der Waals surface area contributed by atoms with Gasteiger partial charge in [0.1, 0.15) is 0 Å². The second-order valence-electron chi connectivity index (χ2n) is 6.06. The van der Waals surface area contributed by atoms with E-state index in [1.54, 1.807) is 12.1 Å². The van der Waals surface area contributed by atoms with Gasteiger partial charge >= 0.3 is 6.18 Å². The highest BCUT2D eigenvalue weighted by Gasteiger charge is 2.33. The number of rotatable bonds is 5. The summed E-state index contributed by atoms with van der Waals surface area (Å²) in [6, 6.07) is 12.4. The Hall–Kier alpha value is -2.74. The molecule has 1 amide bonds. The molecule has 8 heteroatoms. The highest BCUT2D eigenvalue weighted by atomic mass is 19.4. The van der Waals surface area contributed by atoms with Gasteiger partial charge in [-0.05, 0) is 24.3 Å². The number of amides is 1. The number of nitrogens with zero attached hydrogens (tertiary/aromatic N) is 1. The van der Waals surface area contributed by atoms with Crippen molar-refractivity contribution in [3.05, 3.63) is 54.1 Å². The molecule has 0 aliphatic carbocycles. The summed E-state index contributed by atoms with van der Waals surface area (Å²) < 4.78 is 44.4. The normalized spacial score (nSPS) is 14.7. The van der Waals surface area contributed by atoms with E-state index in [1.807, 2.05) is 12.1 Å². The van der Waals surface area contributed by atoms with E-state index in [0.29, 0.717) is 32.0 Å². The fraction of sp³-hybridized carbons (Fsp3) is 0.316. The van der Waals surface area contributed by atoms with Crippen LogP contribution in [-0.4, -0.2) is 38.8 Å². The van der Waals surface area contributed by atoms with Gasteiger partial charge in [0.15, 0.2) is 0 Å². The van der Waals surface area contributed by atoms with Gasteiger partial charge < -0.3 is 20.3 Å². The molecule has 1 heterocycles. The molecule has 0 atom stereocenters. The van der Waals surface area contributed by atoms with E-state index in [1.165, 1.54) is 18.2 Å². The Labute approximate surface area is 155 Å². The Balaban J connectivity index is 1.66. The first-order chi connectivity index (χ1) is 12.9. The average molecular weight is 379 g/mol. The molecule has 144 valence electrons. The lowest BCUT2D eigenvalue weighted by Crippen LogP contribution is -2.37. The minimum absolute atomic E-state index is 0.124. The summed E-state index contributed by atoms with van der Waals surface area (Å²) in [6.45, 7) is 2.37. The van der Waals surface area contributed by atoms with Crippen molar-refractivity contribution >= 4 is 23.0 Å². The van der Waals surface area contributed by atoms with Gasteiger partial charge in [-0.25, -0.2) is 0 Å². The van der Waals surface area contributed by atoms with Crippen LogP contribution in [0.15, 0.2) is 48.5 Å². The number of alkyl halides is 3. The van der Waals surface area contributed by atoms with Crippen molar-refractivity contribution in [1.29, 1.82) is 0 Å². The van der Waals surface area contributed by atoms with Crippen LogP contribution >= 0.6 is 0 Å². The number of halogens is 3. The van der Waals surface area contributed by atoms with Gasteiger partial charge in [0, 0.05) is 18.8 Å². The second kappa shape index (κ2) is 8.30. The molecule has 0 radical (unpaired) electrons. The maximum Gasteiger partial charge on any atom is 0.418 e. The van der Waals surface area contributed by atoms with Crippen LogP contribution in [-0.2, 0) is 15.7 Å². The standard InChI is InChI=1S/C19H20F3N3O2/c20-19(21,22)14-5-1-2-6-15(14)23-13-18(26)24-16-7-3-4-8-17(16)25-9-11-27-12-10-25/h1-8,23H,9-13H2,(H,24,26). The predicted octanol–water partition coefficient (Wildman–Crippen LogP) is 3.59. The molecule has 2 N–H and O–H groups in total. The lowest BCUT2D eigenvalue weighted by molar-refractivity contribution is -0.137. The van der Waals surface area contributed by atoms with E-state index in [4.69, 9.17) is 4.74 Å². The van der Waals surface area contributed by atoms with Crippen molar-refractivity contribution in [2.24, 2.45) is 0 Å². The van der Waals surface area contributed by atoms with Crippen molar-refractivity contribution in [2.75, 3.05) is 48.4 Å². The first-order valence-corrected chi connectivity index (χ1v) is 8.57. The van der Waals surface area contributed by atoms with E-state index >= 15 is 0 Å². The smallest absolute Gasteiger partial charge is 0.378 e. The largest absolute Gasteiger partial charge is 0.418 e. The lowest BCUT2D eigenvalue weighted by atomic mass is 10.1. The molecule has 3 rings (SSSR count). The Morgan fingerprint density at radius 1 is 1.00 bits per heavy atom. The van der Waals surface area contributed by atoms with E-state index < -0.39 is 17.6 Å². The zero-order valence-corrected chi connectivity index (χ0v) is 14.6. The number of hydrogen-bond donors (Lipinski definition) is 2. The first kappa shape index (κ1) is 19.0. The molecule has 0 spiro atoms. The van der Waals surface area contributed by atoms with Crippen LogP contribution in [0.2, 0.25) is 0 Å². The zero-order chi connectivity index (χ0) is 19.3. The number of para-hydroxylation sites is 3. The number of carbonyl (C=O) groups is 1.